The van der Waals surface area contributed by atoms with Gasteiger partial charge in [0.05, 0.1) is 5.69 Å². The van der Waals surface area contributed by atoms with Crippen LogP contribution in [-0.2, 0) is 0 Å². The molecule has 0 spiro atoms. The SMILES string of the molecule is NC(=S)c1cccc(Nc2cc(F)cc(Cl)c2)n1. The molecule has 0 amide bonds. The normalized spacial score (nSPS) is 10.1. The van der Waals surface area contributed by atoms with Crippen LogP contribution in [0.4, 0.5) is 15.9 Å². The van der Waals surface area contributed by atoms with E-state index in [1.165, 1.54) is 12.1 Å². The summed E-state index contributed by atoms with van der Waals surface area (Å²) in [4.78, 5) is 4.39. The molecule has 0 aliphatic heterocycles. The van der Waals surface area contributed by atoms with Crippen molar-refractivity contribution in [2.75, 3.05) is 5.32 Å². The molecule has 1 aromatic carbocycles. The summed E-state index contributed by atoms with van der Waals surface area (Å²) < 4.78 is 13.2. The number of thiocarbonyl (C=S) groups is 1. The number of nitrogens with one attached hydrogen (secondary N) is 1. The van der Waals surface area contributed by atoms with Crippen molar-refractivity contribution < 1.29 is 4.39 Å². The Balaban J connectivity index is 2.28. The highest BCUT2D eigenvalue weighted by molar-refractivity contribution is 7.80. The van der Waals surface area contributed by atoms with Gasteiger partial charge in [-0.05, 0) is 30.3 Å². The lowest BCUT2D eigenvalue weighted by atomic mass is 10.3. The number of halogens is 2. The first-order valence-corrected chi connectivity index (χ1v) is 5.83. The van der Waals surface area contributed by atoms with Gasteiger partial charge in [-0.15, -0.1) is 0 Å². The average molecular weight is 282 g/mol. The van der Waals surface area contributed by atoms with Crippen LogP contribution >= 0.6 is 23.8 Å². The number of benzene rings is 1. The summed E-state index contributed by atoms with van der Waals surface area (Å²) in [6, 6.07) is 9.32. The highest BCUT2D eigenvalue weighted by Gasteiger charge is 2.03. The van der Waals surface area contributed by atoms with Gasteiger partial charge in [0.15, 0.2) is 0 Å². The predicted octanol–water partition coefficient (Wildman–Crippen LogP) is 3.25. The summed E-state index contributed by atoms with van der Waals surface area (Å²) in [5.74, 6) is 0.0949. The first kappa shape index (κ1) is 12.7. The van der Waals surface area contributed by atoms with Crippen LogP contribution in [0.15, 0.2) is 36.4 Å². The standard InChI is InChI=1S/C12H9ClFN3S/c13-7-4-8(14)6-9(5-7)16-11-3-1-2-10(17-11)12(15)18/h1-6H,(H2,15,18)(H,16,17). The fraction of sp³-hybridized carbons (Fsp3) is 0. The van der Waals surface area contributed by atoms with Gasteiger partial charge in [0, 0.05) is 10.7 Å². The Morgan fingerprint density at radius 2 is 2.11 bits per heavy atom. The molecule has 0 aliphatic carbocycles. The Bertz CT molecular complexity index is 583. The van der Waals surface area contributed by atoms with Crippen molar-refractivity contribution in [2.45, 2.75) is 0 Å². The molecule has 0 bridgehead atoms. The maximum absolute atomic E-state index is 13.2. The molecule has 0 unspecified atom stereocenters. The van der Waals surface area contributed by atoms with Gasteiger partial charge in [0.1, 0.15) is 16.6 Å². The molecule has 0 aliphatic rings. The molecule has 0 saturated heterocycles. The summed E-state index contributed by atoms with van der Waals surface area (Å²) in [6.45, 7) is 0. The van der Waals surface area contributed by atoms with E-state index in [-0.39, 0.29) is 4.99 Å². The maximum atomic E-state index is 13.2. The van der Waals surface area contributed by atoms with Gasteiger partial charge in [-0.25, -0.2) is 9.37 Å². The predicted molar refractivity (Wildman–Crippen MR) is 74.8 cm³/mol. The lowest BCUT2D eigenvalue weighted by molar-refractivity contribution is 0.628. The summed E-state index contributed by atoms with van der Waals surface area (Å²) in [7, 11) is 0. The molecule has 0 fully saturated rings. The molecule has 18 heavy (non-hydrogen) atoms. The zero-order valence-electron chi connectivity index (χ0n) is 9.15. The van der Waals surface area contributed by atoms with Crippen molar-refractivity contribution in [2.24, 2.45) is 5.73 Å². The van der Waals surface area contributed by atoms with Crippen LogP contribution in [0, 0.1) is 5.82 Å². The minimum absolute atomic E-state index is 0.205. The number of nitrogens with two attached hydrogens (primary N) is 1. The van der Waals surface area contributed by atoms with E-state index in [1.54, 1.807) is 24.3 Å². The van der Waals surface area contributed by atoms with Gasteiger partial charge in [0.25, 0.3) is 0 Å². The Morgan fingerprint density at radius 1 is 1.33 bits per heavy atom. The molecule has 0 atom stereocenters. The zero-order chi connectivity index (χ0) is 13.1. The van der Waals surface area contributed by atoms with Crippen molar-refractivity contribution in [1.82, 2.24) is 4.98 Å². The Morgan fingerprint density at radius 3 is 2.78 bits per heavy atom. The van der Waals surface area contributed by atoms with Crippen LogP contribution in [0.2, 0.25) is 5.02 Å². The number of hydrogen-bond acceptors (Lipinski definition) is 3. The molecule has 1 heterocycles. The van der Waals surface area contributed by atoms with Crippen LogP contribution in [0.25, 0.3) is 0 Å². The molecule has 0 radical (unpaired) electrons. The molecular weight excluding hydrogens is 273 g/mol. The third-order valence-corrected chi connectivity index (χ3v) is 2.56. The summed E-state index contributed by atoms with van der Waals surface area (Å²) >= 11 is 10.6. The molecule has 6 heteroatoms. The van der Waals surface area contributed by atoms with Gasteiger partial charge in [0.2, 0.25) is 0 Å². The summed E-state index contributed by atoms with van der Waals surface area (Å²) in [5, 5.41) is 3.24. The molecule has 2 rings (SSSR count). The van der Waals surface area contributed by atoms with E-state index < -0.39 is 5.82 Å². The monoisotopic (exact) mass is 281 g/mol. The second-order valence-corrected chi connectivity index (χ2v) is 4.43. The van der Waals surface area contributed by atoms with E-state index >= 15 is 0 Å². The average Bonchev–Trinajstić information content (AvgIpc) is 2.27. The van der Waals surface area contributed by atoms with Crippen LogP contribution in [0.3, 0.4) is 0 Å². The largest absolute Gasteiger partial charge is 0.388 e. The molecule has 3 N–H and O–H groups in total. The number of rotatable bonds is 3. The van der Waals surface area contributed by atoms with Crippen LogP contribution in [0.1, 0.15) is 5.69 Å². The van der Waals surface area contributed by atoms with Crippen molar-refractivity contribution in [1.29, 1.82) is 0 Å². The number of pyridine rings is 1. The number of anilines is 2. The van der Waals surface area contributed by atoms with Crippen LogP contribution in [0.5, 0.6) is 0 Å². The fourth-order valence-corrected chi connectivity index (χ4v) is 1.75. The third kappa shape index (κ3) is 3.15. The van der Waals surface area contributed by atoms with E-state index in [0.29, 0.717) is 22.2 Å². The van der Waals surface area contributed by atoms with Crippen LogP contribution < -0.4 is 11.1 Å². The minimum atomic E-state index is -0.421. The quantitative estimate of drug-likeness (QED) is 0.848. The van der Waals surface area contributed by atoms with E-state index in [2.05, 4.69) is 10.3 Å². The smallest absolute Gasteiger partial charge is 0.131 e. The van der Waals surface area contributed by atoms with E-state index in [1.807, 2.05) is 0 Å². The van der Waals surface area contributed by atoms with Gasteiger partial charge < -0.3 is 11.1 Å². The highest BCUT2D eigenvalue weighted by Crippen LogP contribution is 2.21. The molecule has 92 valence electrons. The van der Waals surface area contributed by atoms with Crippen molar-refractivity contribution in [3.63, 3.8) is 0 Å². The lowest BCUT2D eigenvalue weighted by Gasteiger charge is -2.07. The molecule has 3 nitrogen and oxygen atoms in total. The third-order valence-electron chi connectivity index (χ3n) is 2.14. The molecular formula is C12H9ClFN3S. The fourth-order valence-electron chi connectivity index (χ4n) is 1.42. The topological polar surface area (TPSA) is 50.9 Å². The second-order valence-electron chi connectivity index (χ2n) is 3.56. The maximum Gasteiger partial charge on any atom is 0.131 e. The first-order valence-electron chi connectivity index (χ1n) is 5.04. The second kappa shape index (κ2) is 5.29. The van der Waals surface area contributed by atoms with Gasteiger partial charge >= 0.3 is 0 Å². The molecule has 1 aromatic heterocycles. The number of aromatic nitrogens is 1. The molecule has 2 aromatic rings. The Labute approximate surface area is 114 Å². The van der Waals surface area contributed by atoms with Crippen molar-refractivity contribution in [3.8, 4) is 0 Å². The summed E-state index contributed by atoms with van der Waals surface area (Å²) in [6.07, 6.45) is 0. The van der Waals surface area contributed by atoms with Gasteiger partial charge in [-0.2, -0.15) is 0 Å². The van der Waals surface area contributed by atoms with E-state index in [4.69, 9.17) is 29.6 Å². The first-order chi connectivity index (χ1) is 8.54. The zero-order valence-corrected chi connectivity index (χ0v) is 10.7. The van der Waals surface area contributed by atoms with Gasteiger partial charge in [-0.1, -0.05) is 29.9 Å². The van der Waals surface area contributed by atoms with Crippen molar-refractivity contribution in [3.05, 3.63) is 52.9 Å². The Kier molecular flexibility index (Phi) is 3.74. The lowest BCUT2D eigenvalue weighted by Crippen LogP contribution is -2.12. The Hall–Kier alpha value is -1.72. The number of hydrogen-bond donors (Lipinski definition) is 2. The van der Waals surface area contributed by atoms with Gasteiger partial charge in [-0.3, -0.25) is 0 Å². The van der Waals surface area contributed by atoms with E-state index in [0.717, 1.165) is 0 Å². The van der Waals surface area contributed by atoms with Crippen LogP contribution in [-0.4, -0.2) is 9.97 Å². The number of nitrogens with zero attached hydrogens (tertiary/aromatic N) is 1. The molecule has 0 saturated carbocycles. The van der Waals surface area contributed by atoms with E-state index in [9.17, 15) is 4.39 Å². The highest BCUT2D eigenvalue weighted by atomic mass is 35.5. The van der Waals surface area contributed by atoms with Crippen molar-refractivity contribution >= 4 is 40.3 Å². The minimum Gasteiger partial charge on any atom is -0.388 e. The summed E-state index contributed by atoms with van der Waals surface area (Å²) in [5.41, 5.74) is 6.49.